The lowest BCUT2D eigenvalue weighted by molar-refractivity contribution is 0.102. The lowest BCUT2D eigenvalue weighted by Crippen LogP contribution is -2.12. The van der Waals surface area contributed by atoms with Gasteiger partial charge in [0.1, 0.15) is 0 Å². The summed E-state index contributed by atoms with van der Waals surface area (Å²) < 4.78 is 12.6. The SMILES string of the molecule is Cc1ccc(NC(=O)c2ccc(F)nc2)cc1Cl. The molecular weight excluding hydrogens is 255 g/mol. The first-order chi connectivity index (χ1) is 8.56. The number of halogens is 2. The molecule has 1 aromatic carbocycles. The predicted octanol–water partition coefficient (Wildman–Crippen LogP) is 3.43. The van der Waals surface area contributed by atoms with Crippen LogP contribution in [0.3, 0.4) is 0 Å². The molecule has 0 spiro atoms. The van der Waals surface area contributed by atoms with Crippen molar-refractivity contribution in [3.8, 4) is 0 Å². The van der Waals surface area contributed by atoms with Gasteiger partial charge in [-0.2, -0.15) is 4.39 Å². The second-order valence-corrected chi connectivity index (χ2v) is 4.19. The zero-order valence-corrected chi connectivity index (χ0v) is 10.3. The van der Waals surface area contributed by atoms with Crippen LogP contribution in [0, 0.1) is 12.9 Å². The van der Waals surface area contributed by atoms with Crippen LogP contribution < -0.4 is 5.32 Å². The van der Waals surface area contributed by atoms with Gasteiger partial charge in [0.05, 0.1) is 5.56 Å². The summed E-state index contributed by atoms with van der Waals surface area (Å²) in [6.07, 6.45) is 1.18. The van der Waals surface area contributed by atoms with E-state index in [1.165, 1.54) is 12.3 Å². The van der Waals surface area contributed by atoms with Crippen molar-refractivity contribution >= 4 is 23.2 Å². The highest BCUT2D eigenvalue weighted by atomic mass is 35.5. The summed E-state index contributed by atoms with van der Waals surface area (Å²) in [5.41, 5.74) is 1.80. The van der Waals surface area contributed by atoms with Crippen molar-refractivity contribution in [3.63, 3.8) is 0 Å². The van der Waals surface area contributed by atoms with E-state index in [-0.39, 0.29) is 11.5 Å². The van der Waals surface area contributed by atoms with Crippen molar-refractivity contribution in [1.29, 1.82) is 0 Å². The van der Waals surface area contributed by atoms with Crippen molar-refractivity contribution in [3.05, 3.63) is 58.6 Å². The van der Waals surface area contributed by atoms with E-state index in [0.717, 1.165) is 11.6 Å². The third-order valence-electron chi connectivity index (χ3n) is 2.42. The number of nitrogens with one attached hydrogen (secondary N) is 1. The number of carbonyl (C=O) groups excluding carboxylic acids is 1. The molecule has 0 saturated carbocycles. The highest BCUT2D eigenvalue weighted by Crippen LogP contribution is 2.20. The molecule has 5 heteroatoms. The Balaban J connectivity index is 2.16. The highest BCUT2D eigenvalue weighted by Gasteiger charge is 2.07. The molecule has 0 fully saturated rings. The van der Waals surface area contributed by atoms with Gasteiger partial charge in [0, 0.05) is 16.9 Å². The summed E-state index contributed by atoms with van der Waals surface area (Å²) in [7, 11) is 0. The molecule has 1 heterocycles. The molecule has 2 aromatic rings. The van der Waals surface area contributed by atoms with Gasteiger partial charge in [-0.3, -0.25) is 4.79 Å². The van der Waals surface area contributed by atoms with Gasteiger partial charge < -0.3 is 5.32 Å². The van der Waals surface area contributed by atoms with Crippen molar-refractivity contribution < 1.29 is 9.18 Å². The molecule has 3 nitrogen and oxygen atoms in total. The van der Waals surface area contributed by atoms with E-state index in [2.05, 4.69) is 10.3 Å². The number of hydrogen-bond acceptors (Lipinski definition) is 2. The fraction of sp³-hybridized carbons (Fsp3) is 0.0769. The summed E-state index contributed by atoms with van der Waals surface area (Å²) in [6.45, 7) is 1.87. The van der Waals surface area contributed by atoms with E-state index in [9.17, 15) is 9.18 Å². The predicted molar refractivity (Wildman–Crippen MR) is 68.3 cm³/mol. The Hall–Kier alpha value is -1.94. The molecular formula is C13H10ClFN2O. The number of aryl methyl sites for hydroxylation is 1. The molecule has 1 N–H and O–H groups in total. The molecule has 2 rings (SSSR count). The van der Waals surface area contributed by atoms with Crippen LogP contribution in [0.25, 0.3) is 0 Å². The quantitative estimate of drug-likeness (QED) is 0.845. The fourth-order valence-electron chi connectivity index (χ4n) is 1.38. The average molecular weight is 265 g/mol. The monoisotopic (exact) mass is 264 g/mol. The molecule has 1 amide bonds. The summed E-state index contributed by atoms with van der Waals surface area (Å²) in [5, 5.41) is 3.23. The van der Waals surface area contributed by atoms with E-state index in [0.29, 0.717) is 10.7 Å². The Labute approximate surface area is 109 Å². The van der Waals surface area contributed by atoms with Gasteiger partial charge in [-0.15, -0.1) is 0 Å². The smallest absolute Gasteiger partial charge is 0.257 e. The number of nitrogens with zero attached hydrogens (tertiary/aromatic N) is 1. The largest absolute Gasteiger partial charge is 0.322 e. The summed E-state index contributed by atoms with van der Waals surface area (Å²) in [5.74, 6) is -0.979. The summed E-state index contributed by atoms with van der Waals surface area (Å²) in [4.78, 5) is 15.2. The Kier molecular flexibility index (Phi) is 3.58. The van der Waals surface area contributed by atoms with Crippen LogP contribution in [0.4, 0.5) is 10.1 Å². The molecule has 0 saturated heterocycles. The Morgan fingerprint density at radius 2 is 2.11 bits per heavy atom. The number of pyridine rings is 1. The van der Waals surface area contributed by atoms with E-state index in [4.69, 9.17) is 11.6 Å². The zero-order chi connectivity index (χ0) is 13.1. The van der Waals surface area contributed by atoms with Crippen LogP contribution in [-0.4, -0.2) is 10.9 Å². The van der Waals surface area contributed by atoms with Gasteiger partial charge in [-0.25, -0.2) is 4.98 Å². The minimum absolute atomic E-state index is 0.285. The molecule has 0 atom stereocenters. The van der Waals surface area contributed by atoms with Gasteiger partial charge >= 0.3 is 0 Å². The third kappa shape index (κ3) is 2.84. The number of carbonyl (C=O) groups is 1. The first kappa shape index (κ1) is 12.5. The van der Waals surface area contributed by atoms with E-state index >= 15 is 0 Å². The number of hydrogen-bond donors (Lipinski definition) is 1. The van der Waals surface area contributed by atoms with Gasteiger partial charge in [0.15, 0.2) is 0 Å². The summed E-state index contributed by atoms with van der Waals surface area (Å²) >= 11 is 5.95. The lowest BCUT2D eigenvalue weighted by atomic mass is 10.2. The fourth-order valence-corrected chi connectivity index (χ4v) is 1.56. The first-order valence-corrected chi connectivity index (χ1v) is 5.63. The van der Waals surface area contributed by atoms with Crippen LogP contribution in [-0.2, 0) is 0 Å². The molecule has 0 aliphatic heterocycles. The standard InChI is InChI=1S/C13H10ClFN2O/c1-8-2-4-10(6-11(8)14)17-13(18)9-3-5-12(15)16-7-9/h2-7H,1H3,(H,17,18). The minimum Gasteiger partial charge on any atom is -0.322 e. The second-order valence-electron chi connectivity index (χ2n) is 3.79. The van der Waals surface area contributed by atoms with Crippen LogP contribution in [0.2, 0.25) is 5.02 Å². The van der Waals surface area contributed by atoms with Crippen LogP contribution in [0.5, 0.6) is 0 Å². The van der Waals surface area contributed by atoms with Crippen molar-refractivity contribution in [2.24, 2.45) is 0 Å². The van der Waals surface area contributed by atoms with Crippen LogP contribution >= 0.6 is 11.6 Å². The topological polar surface area (TPSA) is 42.0 Å². The maximum atomic E-state index is 12.6. The molecule has 18 heavy (non-hydrogen) atoms. The number of rotatable bonds is 2. The molecule has 92 valence electrons. The number of benzene rings is 1. The van der Waals surface area contributed by atoms with Crippen molar-refractivity contribution in [2.75, 3.05) is 5.32 Å². The molecule has 0 radical (unpaired) electrons. The molecule has 0 aliphatic rings. The van der Waals surface area contributed by atoms with Crippen molar-refractivity contribution in [1.82, 2.24) is 4.98 Å². The van der Waals surface area contributed by atoms with Gasteiger partial charge in [0.25, 0.3) is 5.91 Å². The van der Waals surface area contributed by atoms with E-state index in [1.807, 2.05) is 6.92 Å². The minimum atomic E-state index is -0.620. The third-order valence-corrected chi connectivity index (χ3v) is 2.83. The average Bonchev–Trinajstić information content (AvgIpc) is 2.34. The number of amides is 1. The zero-order valence-electron chi connectivity index (χ0n) is 9.58. The number of aromatic nitrogens is 1. The van der Waals surface area contributed by atoms with E-state index in [1.54, 1.807) is 18.2 Å². The maximum absolute atomic E-state index is 12.6. The lowest BCUT2D eigenvalue weighted by Gasteiger charge is -2.06. The van der Waals surface area contributed by atoms with Gasteiger partial charge in [0.2, 0.25) is 5.95 Å². The molecule has 0 bridgehead atoms. The van der Waals surface area contributed by atoms with Crippen LogP contribution in [0.1, 0.15) is 15.9 Å². The van der Waals surface area contributed by atoms with Crippen molar-refractivity contribution in [2.45, 2.75) is 6.92 Å². The second kappa shape index (κ2) is 5.14. The highest BCUT2D eigenvalue weighted by molar-refractivity contribution is 6.31. The van der Waals surface area contributed by atoms with Crippen LogP contribution in [0.15, 0.2) is 36.5 Å². The molecule has 1 aromatic heterocycles. The van der Waals surface area contributed by atoms with Gasteiger partial charge in [-0.05, 0) is 36.8 Å². The molecule has 0 unspecified atom stereocenters. The first-order valence-electron chi connectivity index (χ1n) is 5.25. The van der Waals surface area contributed by atoms with Gasteiger partial charge in [-0.1, -0.05) is 17.7 Å². The maximum Gasteiger partial charge on any atom is 0.257 e. The Bertz CT molecular complexity index is 584. The molecule has 0 aliphatic carbocycles. The summed E-state index contributed by atoms with van der Waals surface area (Å²) in [6, 6.07) is 7.72. The number of anilines is 1. The van der Waals surface area contributed by atoms with E-state index < -0.39 is 5.95 Å². The Morgan fingerprint density at radius 1 is 1.33 bits per heavy atom. The normalized spacial score (nSPS) is 10.2. The Morgan fingerprint density at radius 3 is 2.72 bits per heavy atom.